The van der Waals surface area contributed by atoms with E-state index in [9.17, 15) is 4.79 Å². The van der Waals surface area contributed by atoms with Crippen LogP contribution in [0.2, 0.25) is 5.02 Å². The smallest absolute Gasteiger partial charge is 0.456 e. The highest BCUT2D eigenvalue weighted by Gasteiger charge is 2.19. The molecule has 2 aromatic carbocycles. The molecule has 4 aromatic rings. The van der Waals surface area contributed by atoms with Crippen molar-refractivity contribution in [1.82, 2.24) is 9.97 Å². The normalized spacial score (nSPS) is 11.3. The van der Waals surface area contributed by atoms with Gasteiger partial charge in [0.2, 0.25) is 5.88 Å². The van der Waals surface area contributed by atoms with Crippen LogP contribution in [0.3, 0.4) is 0 Å². The molecule has 31 heavy (non-hydrogen) atoms. The molecule has 2 heterocycles. The highest BCUT2D eigenvalue weighted by Crippen LogP contribution is 2.36. The number of carbonyl (C=O) groups excluding carboxylic acids is 1. The third kappa shape index (κ3) is 4.42. The van der Waals surface area contributed by atoms with Gasteiger partial charge in [-0.3, -0.25) is 0 Å². The first-order valence-corrected chi connectivity index (χ1v) is 10.1. The predicted molar refractivity (Wildman–Crippen MR) is 118 cm³/mol. The van der Waals surface area contributed by atoms with Crippen molar-refractivity contribution >= 4 is 39.6 Å². The molecule has 1 N–H and O–H groups in total. The quantitative estimate of drug-likeness (QED) is 0.358. The standard InChI is InChI=1S/C23H21ClN2O5/c1-13(2)29-23(27)31-22-16(12-28-3)21-15-10-14(30-20-7-5-4-6-17(20)24)8-9-18(15)26-19(21)11-25-22/h4-11,13,26H,12H2,1-3H3. The van der Waals surface area contributed by atoms with Crippen LogP contribution in [0.15, 0.2) is 48.7 Å². The molecule has 0 radical (unpaired) electrons. The molecule has 4 rings (SSSR count). The van der Waals surface area contributed by atoms with Crippen LogP contribution in [0.25, 0.3) is 21.8 Å². The summed E-state index contributed by atoms with van der Waals surface area (Å²) in [4.78, 5) is 19.6. The predicted octanol–water partition coefficient (Wildman–Crippen LogP) is 6.23. The Balaban J connectivity index is 1.80. The molecule has 7 nitrogen and oxygen atoms in total. The second-order valence-corrected chi connectivity index (χ2v) is 7.55. The van der Waals surface area contributed by atoms with Gasteiger partial charge in [0.1, 0.15) is 11.5 Å². The van der Waals surface area contributed by atoms with E-state index < -0.39 is 6.16 Å². The summed E-state index contributed by atoms with van der Waals surface area (Å²) in [6.07, 6.45) is 0.489. The number of H-pyrrole nitrogens is 1. The highest BCUT2D eigenvalue weighted by molar-refractivity contribution is 6.32. The van der Waals surface area contributed by atoms with Crippen molar-refractivity contribution in [3.05, 3.63) is 59.2 Å². The molecule has 0 bridgehead atoms. The number of hydrogen-bond donors (Lipinski definition) is 1. The fourth-order valence-corrected chi connectivity index (χ4v) is 3.48. The van der Waals surface area contributed by atoms with Crippen molar-refractivity contribution in [2.24, 2.45) is 0 Å². The largest absolute Gasteiger partial charge is 0.515 e. The Morgan fingerprint density at radius 3 is 2.71 bits per heavy atom. The first-order chi connectivity index (χ1) is 15.0. The fraction of sp³-hybridized carbons (Fsp3) is 0.217. The first kappa shape index (κ1) is 21.0. The number of fused-ring (bicyclic) bond motifs is 3. The van der Waals surface area contributed by atoms with Gasteiger partial charge in [0, 0.05) is 23.4 Å². The van der Waals surface area contributed by atoms with E-state index in [1.807, 2.05) is 30.3 Å². The summed E-state index contributed by atoms with van der Waals surface area (Å²) in [6.45, 7) is 3.68. The molecular weight excluding hydrogens is 420 g/mol. The lowest BCUT2D eigenvalue weighted by Gasteiger charge is -2.12. The third-order valence-electron chi connectivity index (χ3n) is 4.53. The van der Waals surface area contributed by atoms with E-state index in [4.69, 9.17) is 30.5 Å². The molecule has 0 saturated carbocycles. The van der Waals surface area contributed by atoms with Crippen LogP contribution >= 0.6 is 11.6 Å². The van der Waals surface area contributed by atoms with Gasteiger partial charge >= 0.3 is 6.16 Å². The van der Waals surface area contributed by atoms with E-state index in [2.05, 4.69) is 9.97 Å². The zero-order valence-corrected chi connectivity index (χ0v) is 18.0. The maximum Gasteiger partial charge on any atom is 0.515 e. The maximum absolute atomic E-state index is 12.0. The van der Waals surface area contributed by atoms with Crippen molar-refractivity contribution in [3.63, 3.8) is 0 Å². The summed E-state index contributed by atoms with van der Waals surface area (Å²) in [5.41, 5.74) is 2.28. The van der Waals surface area contributed by atoms with Crippen molar-refractivity contribution in [2.75, 3.05) is 7.11 Å². The molecule has 8 heteroatoms. The van der Waals surface area contributed by atoms with Gasteiger partial charge in [-0.1, -0.05) is 23.7 Å². The monoisotopic (exact) mass is 440 g/mol. The number of methoxy groups -OCH3 is 1. The molecule has 0 amide bonds. The number of nitrogens with one attached hydrogen (secondary N) is 1. The van der Waals surface area contributed by atoms with Gasteiger partial charge in [-0.05, 0) is 44.2 Å². The van der Waals surface area contributed by atoms with E-state index >= 15 is 0 Å². The van der Waals surface area contributed by atoms with Crippen LogP contribution < -0.4 is 9.47 Å². The molecular formula is C23H21ClN2O5. The summed E-state index contributed by atoms with van der Waals surface area (Å²) in [7, 11) is 1.57. The maximum atomic E-state index is 12.0. The fourth-order valence-electron chi connectivity index (χ4n) is 3.30. The number of nitrogens with zero attached hydrogens (tertiary/aromatic N) is 1. The summed E-state index contributed by atoms with van der Waals surface area (Å²) in [5.74, 6) is 1.31. The van der Waals surface area contributed by atoms with E-state index in [1.54, 1.807) is 39.3 Å². The number of aromatic amines is 1. The Morgan fingerprint density at radius 2 is 1.97 bits per heavy atom. The van der Waals surface area contributed by atoms with E-state index in [0.717, 1.165) is 21.8 Å². The van der Waals surface area contributed by atoms with Crippen LogP contribution in [-0.4, -0.2) is 29.3 Å². The van der Waals surface area contributed by atoms with Crippen molar-refractivity contribution in [3.8, 4) is 17.4 Å². The number of hydrogen-bond acceptors (Lipinski definition) is 6. The third-order valence-corrected chi connectivity index (χ3v) is 4.85. The minimum absolute atomic E-state index is 0.137. The van der Waals surface area contributed by atoms with Gasteiger partial charge in [0.15, 0.2) is 0 Å². The van der Waals surface area contributed by atoms with Crippen LogP contribution in [0, 0.1) is 0 Å². The number of pyridine rings is 1. The molecule has 0 spiro atoms. The Kier molecular flexibility index (Phi) is 5.97. The van der Waals surface area contributed by atoms with Crippen LogP contribution in [0.4, 0.5) is 4.79 Å². The van der Waals surface area contributed by atoms with Crippen molar-refractivity contribution in [2.45, 2.75) is 26.6 Å². The Labute approximate surface area is 183 Å². The average Bonchev–Trinajstić information content (AvgIpc) is 3.09. The number of benzene rings is 2. The molecule has 0 fully saturated rings. The number of rotatable bonds is 6. The SMILES string of the molecule is COCc1c(OC(=O)OC(C)C)ncc2[nH]c3ccc(Oc4ccccc4Cl)cc3c12. The lowest BCUT2D eigenvalue weighted by atomic mass is 10.1. The number of halogens is 1. The number of aromatic nitrogens is 2. The van der Waals surface area contributed by atoms with Crippen LogP contribution in [0.1, 0.15) is 19.4 Å². The minimum Gasteiger partial charge on any atom is -0.456 e. The average molecular weight is 441 g/mol. The highest BCUT2D eigenvalue weighted by atomic mass is 35.5. The molecule has 0 saturated heterocycles. The molecule has 0 aliphatic rings. The molecule has 160 valence electrons. The van der Waals surface area contributed by atoms with E-state index in [1.165, 1.54) is 0 Å². The van der Waals surface area contributed by atoms with Crippen LogP contribution in [-0.2, 0) is 16.1 Å². The molecule has 0 unspecified atom stereocenters. The Hall–Kier alpha value is -3.29. The second kappa shape index (κ2) is 8.83. The zero-order valence-electron chi connectivity index (χ0n) is 17.3. The van der Waals surface area contributed by atoms with Crippen molar-refractivity contribution in [1.29, 1.82) is 0 Å². The second-order valence-electron chi connectivity index (χ2n) is 7.15. The van der Waals surface area contributed by atoms with E-state index in [-0.39, 0.29) is 18.6 Å². The van der Waals surface area contributed by atoms with Gasteiger partial charge in [-0.15, -0.1) is 0 Å². The van der Waals surface area contributed by atoms with Gasteiger partial charge in [-0.2, -0.15) is 0 Å². The van der Waals surface area contributed by atoms with Crippen molar-refractivity contribution < 1.29 is 23.7 Å². The summed E-state index contributed by atoms with van der Waals surface area (Å²) in [6, 6.07) is 12.9. The molecule has 0 aliphatic heterocycles. The summed E-state index contributed by atoms with van der Waals surface area (Å²) >= 11 is 6.22. The molecule has 0 atom stereocenters. The number of ether oxygens (including phenoxy) is 4. The molecule has 0 aliphatic carbocycles. The van der Waals surface area contributed by atoms with Gasteiger partial charge in [0.25, 0.3) is 0 Å². The first-order valence-electron chi connectivity index (χ1n) is 9.69. The topological polar surface area (TPSA) is 82.7 Å². The Bertz CT molecular complexity index is 1250. The van der Waals surface area contributed by atoms with E-state index in [0.29, 0.717) is 22.1 Å². The Morgan fingerprint density at radius 1 is 1.16 bits per heavy atom. The lowest BCUT2D eigenvalue weighted by Crippen LogP contribution is -2.17. The lowest BCUT2D eigenvalue weighted by molar-refractivity contribution is 0.0705. The zero-order chi connectivity index (χ0) is 22.0. The van der Waals surface area contributed by atoms with Gasteiger partial charge in [-0.25, -0.2) is 9.78 Å². The minimum atomic E-state index is -0.818. The summed E-state index contributed by atoms with van der Waals surface area (Å²) in [5, 5.41) is 2.21. The van der Waals surface area contributed by atoms with Gasteiger partial charge < -0.3 is 23.9 Å². The number of para-hydroxylation sites is 1. The van der Waals surface area contributed by atoms with Gasteiger partial charge in [0.05, 0.1) is 35.0 Å². The number of carbonyl (C=O) groups is 1. The molecule has 2 aromatic heterocycles. The van der Waals surface area contributed by atoms with Crippen LogP contribution in [0.5, 0.6) is 17.4 Å². The summed E-state index contributed by atoms with van der Waals surface area (Å²) < 4.78 is 21.8.